The molecule has 1 amide bonds. The molecule has 0 fully saturated rings. The van der Waals surface area contributed by atoms with Crippen molar-refractivity contribution >= 4 is 17.2 Å². The van der Waals surface area contributed by atoms with Crippen molar-refractivity contribution in [2.75, 3.05) is 6.54 Å². The Labute approximate surface area is 85.3 Å². The Morgan fingerprint density at radius 2 is 2.43 bits per heavy atom. The van der Waals surface area contributed by atoms with Crippen LogP contribution in [0.1, 0.15) is 25.7 Å². The number of nitrogens with two attached hydrogens (primary N) is 1. The molecule has 0 bridgehead atoms. The third-order valence-corrected chi connectivity index (χ3v) is 3.51. The lowest BCUT2D eigenvalue weighted by atomic mass is 10.0. The SMILES string of the molecule is N#Cc1c(C(N)=O)sc2c1CCNC2. The Bertz CT molecular complexity index is 430. The van der Waals surface area contributed by atoms with Crippen LogP contribution in [0.3, 0.4) is 0 Å². The fourth-order valence-corrected chi connectivity index (χ4v) is 2.75. The van der Waals surface area contributed by atoms with Crippen molar-refractivity contribution in [3.05, 3.63) is 20.9 Å². The standard InChI is InChI=1S/C9H9N3OS/c10-3-6-5-1-2-12-4-7(5)14-8(6)9(11)13/h12H,1-2,4H2,(H2,11,13). The van der Waals surface area contributed by atoms with E-state index >= 15 is 0 Å². The van der Waals surface area contributed by atoms with Gasteiger partial charge >= 0.3 is 0 Å². The number of carbonyl (C=O) groups is 1. The lowest BCUT2D eigenvalue weighted by Crippen LogP contribution is -2.22. The van der Waals surface area contributed by atoms with Gasteiger partial charge in [0.25, 0.3) is 5.91 Å². The molecule has 4 nitrogen and oxygen atoms in total. The molecule has 5 heteroatoms. The number of hydrogen-bond donors (Lipinski definition) is 2. The number of primary amides is 1. The maximum Gasteiger partial charge on any atom is 0.260 e. The van der Waals surface area contributed by atoms with Crippen molar-refractivity contribution in [2.24, 2.45) is 5.73 Å². The Hall–Kier alpha value is -1.38. The predicted octanol–water partition coefficient (Wildman–Crippen LogP) is 0.364. The smallest absolute Gasteiger partial charge is 0.260 e. The molecule has 14 heavy (non-hydrogen) atoms. The highest BCUT2D eigenvalue weighted by atomic mass is 32.1. The van der Waals surface area contributed by atoms with E-state index in [9.17, 15) is 4.79 Å². The van der Waals surface area contributed by atoms with Crippen molar-refractivity contribution in [2.45, 2.75) is 13.0 Å². The largest absolute Gasteiger partial charge is 0.365 e. The van der Waals surface area contributed by atoms with E-state index in [0.717, 1.165) is 30.0 Å². The molecule has 1 aromatic heterocycles. The molecule has 0 saturated carbocycles. The van der Waals surface area contributed by atoms with Crippen LogP contribution in [0.25, 0.3) is 0 Å². The zero-order valence-electron chi connectivity index (χ0n) is 7.46. The topological polar surface area (TPSA) is 78.9 Å². The van der Waals surface area contributed by atoms with Gasteiger partial charge in [-0.15, -0.1) is 11.3 Å². The average molecular weight is 207 g/mol. The second-order valence-corrected chi connectivity index (χ2v) is 4.22. The van der Waals surface area contributed by atoms with Gasteiger partial charge in [-0.3, -0.25) is 4.79 Å². The predicted molar refractivity (Wildman–Crippen MR) is 53.0 cm³/mol. The zero-order chi connectivity index (χ0) is 10.1. The molecule has 72 valence electrons. The summed E-state index contributed by atoms with van der Waals surface area (Å²) >= 11 is 1.34. The van der Waals surface area contributed by atoms with Gasteiger partial charge in [0.05, 0.1) is 5.56 Å². The molecular weight excluding hydrogens is 198 g/mol. The highest BCUT2D eigenvalue weighted by molar-refractivity contribution is 7.14. The molecule has 0 aromatic carbocycles. The monoisotopic (exact) mass is 207 g/mol. The first-order valence-corrected chi connectivity index (χ1v) is 5.11. The van der Waals surface area contributed by atoms with Gasteiger partial charge in [-0.05, 0) is 18.5 Å². The van der Waals surface area contributed by atoms with E-state index in [-0.39, 0.29) is 0 Å². The second kappa shape index (κ2) is 3.40. The highest BCUT2D eigenvalue weighted by Crippen LogP contribution is 2.29. The number of thiophene rings is 1. The van der Waals surface area contributed by atoms with Crippen molar-refractivity contribution in [3.8, 4) is 6.07 Å². The summed E-state index contributed by atoms with van der Waals surface area (Å²) in [6.07, 6.45) is 0.808. The molecule has 1 aliphatic rings. The first kappa shape index (κ1) is 9.19. The molecule has 0 aliphatic carbocycles. The Balaban J connectivity index is 2.59. The van der Waals surface area contributed by atoms with E-state index in [2.05, 4.69) is 11.4 Å². The summed E-state index contributed by atoms with van der Waals surface area (Å²) in [6, 6.07) is 2.07. The van der Waals surface area contributed by atoms with E-state index in [0.29, 0.717) is 10.4 Å². The molecule has 2 rings (SSSR count). The molecular formula is C9H9N3OS. The fraction of sp³-hybridized carbons (Fsp3) is 0.333. The van der Waals surface area contributed by atoms with Gasteiger partial charge in [-0.25, -0.2) is 0 Å². The summed E-state index contributed by atoms with van der Waals surface area (Å²) in [4.78, 5) is 12.5. The number of fused-ring (bicyclic) bond motifs is 1. The number of nitriles is 1. The van der Waals surface area contributed by atoms with E-state index in [1.807, 2.05) is 0 Å². The van der Waals surface area contributed by atoms with Gasteiger partial charge in [0, 0.05) is 11.4 Å². The second-order valence-electron chi connectivity index (χ2n) is 3.11. The molecule has 0 atom stereocenters. The van der Waals surface area contributed by atoms with Crippen LogP contribution in [-0.2, 0) is 13.0 Å². The maximum atomic E-state index is 11.1. The van der Waals surface area contributed by atoms with Crippen LogP contribution in [0.15, 0.2) is 0 Å². The van der Waals surface area contributed by atoms with Gasteiger partial charge in [-0.2, -0.15) is 5.26 Å². The van der Waals surface area contributed by atoms with Crippen molar-refractivity contribution < 1.29 is 4.79 Å². The van der Waals surface area contributed by atoms with E-state index < -0.39 is 5.91 Å². The molecule has 0 radical (unpaired) electrons. The minimum absolute atomic E-state index is 0.404. The summed E-state index contributed by atoms with van der Waals surface area (Å²) in [5.74, 6) is -0.499. The molecule has 0 unspecified atom stereocenters. The quantitative estimate of drug-likeness (QED) is 0.698. The van der Waals surface area contributed by atoms with Gasteiger partial charge in [-0.1, -0.05) is 0 Å². The molecule has 1 aliphatic heterocycles. The van der Waals surface area contributed by atoms with Crippen LogP contribution >= 0.6 is 11.3 Å². The zero-order valence-corrected chi connectivity index (χ0v) is 8.28. The van der Waals surface area contributed by atoms with E-state index in [1.54, 1.807) is 0 Å². The summed E-state index contributed by atoms with van der Waals surface area (Å²) in [6.45, 7) is 1.60. The Morgan fingerprint density at radius 3 is 3.07 bits per heavy atom. The first-order chi connectivity index (χ1) is 6.74. The third kappa shape index (κ3) is 1.29. The number of hydrogen-bond acceptors (Lipinski definition) is 4. The first-order valence-electron chi connectivity index (χ1n) is 4.29. The summed E-state index contributed by atoms with van der Waals surface area (Å²) in [5.41, 5.74) is 6.69. The lowest BCUT2D eigenvalue weighted by Gasteiger charge is -2.11. The number of rotatable bonds is 1. The van der Waals surface area contributed by atoms with Crippen LogP contribution in [0.5, 0.6) is 0 Å². The van der Waals surface area contributed by atoms with Crippen LogP contribution in [0, 0.1) is 11.3 Å². The fourth-order valence-electron chi connectivity index (χ4n) is 1.63. The van der Waals surface area contributed by atoms with Crippen molar-refractivity contribution in [1.82, 2.24) is 5.32 Å². The Morgan fingerprint density at radius 1 is 1.64 bits per heavy atom. The summed E-state index contributed by atoms with van der Waals surface area (Å²) in [5, 5.41) is 12.1. The average Bonchev–Trinajstić information content (AvgIpc) is 2.56. The van der Waals surface area contributed by atoms with Crippen molar-refractivity contribution in [1.29, 1.82) is 5.26 Å². The number of amides is 1. The van der Waals surface area contributed by atoms with Crippen LogP contribution in [0.2, 0.25) is 0 Å². The summed E-state index contributed by atoms with van der Waals surface area (Å²) < 4.78 is 0. The van der Waals surface area contributed by atoms with Gasteiger partial charge < -0.3 is 11.1 Å². The lowest BCUT2D eigenvalue weighted by molar-refractivity contribution is 0.100. The number of nitrogens with one attached hydrogen (secondary N) is 1. The number of carbonyl (C=O) groups excluding carboxylic acids is 1. The Kier molecular flexibility index (Phi) is 2.23. The summed E-state index contributed by atoms with van der Waals surface area (Å²) in [7, 11) is 0. The van der Waals surface area contributed by atoms with Crippen LogP contribution in [0.4, 0.5) is 0 Å². The third-order valence-electron chi connectivity index (χ3n) is 2.26. The normalized spacial score (nSPS) is 14.5. The molecule has 0 saturated heterocycles. The van der Waals surface area contributed by atoms with Gasteiger partial charge in [0.1, 0.15) is 10.9 Å². The van der Waals surface area contributed by atoms with Gasteiger partial charge in [0.2, 0.25) is 0 Å². The molecule has 2 heterocycles. The number of nitrogens with zero attached hydrogens (tertiary/aromatic N) is 1. The van der Waals surface area contributed by atoms with Crippen LogP contribution in [-0.4, -0.2) is 12.5 Å². The molecule has 3 N–H and O–H groups in total. The van der Waals surface area contributed by atoms with E-state index in [4.69, 9.17) is 11.0 Å². The minimum atomic E-state index is -0.499. The highest BCUT2D eigenvalue weighted by Gasteiger charge is 2.22. The molecule has 0 spiro atoms. The van der Waals surface area contributed by atoms with Crippen LogP contribution < -0.4 is 11.1 Å². The van der Waals surface area contributed by atoms with Gasteiger partial charge in [0.15, 0.2) is 0 Å². The molecule has 1 aromatic rings. The minimum Gasteiger partial charge on any atom is -0.365 e. The maximum absolute atomic E-state index is 11.1. The van der Waals surface area contributed by atoms with E-state index in [1.165, 1.54) is 11.3 Å². The van der Waals surface area contributed by atoms with Crippen molar-refractivity contribution in [3.63, 3.8) is 0 Å².